The number of hydrogen-bond donors (Lipinski definition) is 1. The number of morpholine rings is 1. The summed E-state index contributed by atoms with van der Waals surface area (Å²) in [7, 11) is 0. The summed E-state index contributed by atoms with van der Waals surface area (Å²) >= 11 is 0. The molecule has 116 valence electrons. The molecule has 0 saturated carbocycles. The van der Waals surface area contributed by atoms with Crippen molar-refractivity contribution in [1.29, 1.82) is 0 Å². The van der Waals surface area contributed by atoms with E-state index in [0.717, 1.165) is 6.07 Å². The third-order valence-corrected chi connectivity index (χ3v) is 3.68. The predicted octanol–water partition coefficient (Wildman–Crippen LogP) is 2.12. The van der Waals surface area contributed by atoms with Crippen LogP contribution in [0.2, 0.25) is 0 Å². The van der Waals surface area contributed by atoms with E-state index in [1.54, 1.807) is 23.3 Å². The van der Waals surface area contributed by atoms with Gasteiger partial charge in [0.15, 0.2) is 0 Å². The molecule has 1 aromatic carbocycles. The zero-order valence-corrected chi connectivity index (χ0v) is 11.9. The highest BCUT2D eigenvalue weighted by atomic mass is 19.1. The normalized spacial score (nSPS) is 18.5. The van der Waals surface area contributed by atoms with Crippen molar-refractivity contribution in [2.45, 2.75) is 12.7 Å². The van der Waals surface area contributed by atoms with E-state index >= 15 is 0 Å². The molecule has 5 nitrogen and oxygen atoms in total. The van der Waals surface area contributed by atoms with Gasteiger partial charge in [-0.1, -0.05) is 6.07 Å². The molecule has 0 radical (unpaired) electrons. The first-order valence-electron chi connectivity index (χ1n) is 7.02. The average Bonchev–Trinajstić information content (AvgIpc) is 3.09. The molecule has 1 saturated heterocycles. The van der Waals surface area contributed by atoms with Crippen molar-refractivity contribution in [2.24, 2.45) is 0 Å². The van der Waals surface area contributed by atoms with E-state index in [1.165, 1.54) is 12.1 Å². The lowest BCUT2D eigenvalue weighted by molar-refractivity contribution is -0.0321. The van der Waals surface area contributed by atoms with Gasteiger partial charge in [0.05, 0.1) is 26.0 Å². The van der Waals surface area contributed by atoms with Crippen molar-refractivity contribution in [3.8, 4) is 0 Å². The van der Waals surface area contributed by atoms with E-state index in [1.807, 2.05) is 0 Å². The Kier molecular flexibility index (Phi) is 4.22. The van der Waals surface area contributed by atoms with Gasteiger partial charge in [0.1, 0.15) is 17.7 Å². The number of aliphatic hydroxyl groups is 1. The number of rotatable bonds is 3. The molecule has 1 N–H and O–H groups in total. The summed E-state index contributed by atoms with van der Waals surface area (Å²) in [4.78, 5) is 14.1. The number of aliphatic hydroxyl groups excluding tert-OH is 1. The van der Waals surface area contributed by atoms with E-state index in [-0.39, 0.29) is 23.1 Å². The summed E-state index contributed by atoms with van der Waals surface area (Å²) in [5.74, 6) is -0.174. The Morgan fingerprint density at radius 2 is 2.27 bits per heavy atom. The van der Waals surface area contributed by atoms with Crippen LogP contribution in [0.4, 0.5) is 4.39 Å². The Morgan fingerprint density at radius 1 is 1.41 bits per heavy atom. The van der Waals surface area contributed by atoms with Gasteiger partial charge in [0.25, 0.3) is 5.91 Å². The van der Waals surface area contributed by atoms with Gasteiger partial charge in [0, 0.05) is 17.7 Å². The number of benzene rings is 1. The SMILES string of the molecule is O=C(c1ccc(CO)c(F)c1)N1CCO[C@H](c2ccco2)C1. The van der Waals surface area contributed by atoms with Crippen LogP contribution < -0.4 is 0 Å². The number of amides is 1. The summed E-state index contributed by atoms with van der Waals surface area (Å²) in [5.41, 5.74) is 0.432. The number of carbonyl (C=O) groups excluding carboxylic acids is 1. The van der Waals surface area contributed by atoms with E-state index < -0.39 is 12.4 Å². The van der Waals surface area contributed by atoms with Crippen molar-refractivity contribution in [2.75, 3.05) is 19.7 Å². The molecule has 1 aromatic heterocycles. The van der Waals surface area contributed by atoms with Crippen LogP contribution in [0.15, 0.2) is 41.0 Å². The number of carbonyl (C=O) groups is 1. The average molecular weight is 305 g/mol. The molecule has 0 spiro atoms. The third kappa shape index (κ3) is 2.88. The second-order valence-electron chi connectivity index (χ2n) is 5.09. The first kappa shape index (κ1) is 14.7. The van der Waals surface area contributed by atoms with Gasteiger partial charge in [-0.15, -0.1) is 0 Å². The van der Waals surface area contributed by atoms with Crippen molar-refractivity contribution >= 4 is 5.91 Å². The minimum atomic E-state index is -0.579. The molecule has 1 aliphatic rings. The molecule has 1 atom stereocenters. The number of halogens is 1. The number of nitrogens with zero attached hydrogens (tertiary/aromatic N) is 1. The fourth-order valence-corrected chi connectivity index (χ4v) is 2.47. The molecule has 22 heavy (non-hydrogen) atoms. The number of furan rings is 1. The van der Waals surface area contributed by atoms with Crippen LogP contribution in [-0.2, 0) is 11.3 Å². The molecule has 1 amide bonds. The molecule has 0 unspecified atom stereocenters. The smallest absolute Gasteiger partial charge is 0.254 e. The van der Waals surface area contributed by atoms with Crippen LogP contribution in [0.5, 0.6) is 0 Å². The van der Waals surface area contributed by atoms with Gasteiger partial charge in [-0.3, -0.25) is 4.79 Å². The van der Waals surface area contributed by atoms with Crippen LogP contribution >= 0.6 is 0 Å². The Labute approximate surface area is 126 Å². The van der Waals surface area contributed by atoms with E-state index in [0.29, 0.717) is 25.5 Å². The van der Waals surface area contributed by atoms with Crippen molar-refractivity contribution in [3.05, 3.63) is 59.3 Å². The lowest BCUT2D eigenvalue weighted by atomic mass is 10.1. The minimum absolute atomic E-state index is 0.173. The van der Waals surface area contributed by atoms with Gasteiger partial charge < -0.3 is 19.2 Å². The third-order valence-electron chi connectivity index (χ3n) is 3.68. The van der Waals surface area contributed by atoms with Gasteiger partial charge in [-0.25, -0.2) is 4.39 Å². The van der Waals surface area contributed by atoms with E-state index in [9.17, 15) is 9.18 Å². The second-order valence-corrected chi connectivity index (χ2v) is 5.09. The van der Waals surface area contributed by atoms with E-state index in [4.69, 9.17) is 14.3 Å². The molecule has 1 fully saturated rings. The molecule has 2 heterocycles. The molecule has 0 bridgehead atoms. The summed E-state index contributed by atoms with van der Waals surface area (Å²) in [6, 6.07) is 7.67. The fraction of sp³-hybridized carbons (Fsp3) is 0.312. The van der Waals surface area contributed by atoms with Crippen LogP contribution in [-0.4, -0.2) is 35.6 Å². The lowest BCUT2D eigenvalue weighted by Crippen LogP contribution is -2.42. The van der Waals surface area contributed by atoms with Gasteiger partial charge >= 0.3 is 0 Å². The Bertz CT molecular complexity index is 656. The van der Waals surface area contributed by atoms with Gasteiger partial charge in [0.2, 0.25) is 0 Å². The molecule has 2 aromatic rings. The summed E-state index contributed by atoms with van der Waals surface area (Å²) in [5, 5.41) is 8.97. The Hall–Kier alpha value is -2.18. The van der Waals surface area contributed by atoms with Crippen LogP contribution in [0, 0.1) is 5.82 Å². The van der Waals surface area contributed by atoms with Gasteiger partial charge in [-0.2, -0.15) is 0 Å². The molecule has 6 heteroatoms. The maximum atomic E-state index is 13.7. The number of ether oxygens (including phenoxy) is 1. The zero-order valence-electron chi connectivity index (χ0n) is 11.9. The number of hydrogen-bond acceptors (Lipinski definition) is 4. The topological polar surface area (TPSA) is 62.9 Å². The molecule has 1 aliphatic heterocycles. The highest BCUT2D eigenvalue weighted by Gasteiger charge is 2.27. The van der Waals surface area contributed by atoms with Crippen molar-refractivity contribution < 1.29 is 23.4 Å². The molecular formula is C16H16FNO4. The molecule has 3 rings (SSSR count). The summed E-state index contributed by atoms with van der Waals surface area (Å²) in [6.45, 7) is 0.807. The van der Waals surface area contributed by atoms with Crippen molar-refractivity contribution in [1.82, 2.24) is 4.90 Å². The van der Waals surface area contributed by atoms with Crippen LogP contribution in [0.3, 0.4) is 0 Å². The lowest BCUT2D eigenvalue weighted by Gasteiger charge is -2.32. The van der Waals surface area contributed by atoms with Gasteiger partial charge in [-0.05, 0) is 24.3 Å². The molecular weight excluding hydrogens is 289 g/mol. The first-order chi connectivity index (χ1) is 10.7. The highest BCUT2D eigenvalue weighted by molar-refractivity contribution is 5.94. The fourth-order valence-electron chi connectivity index (χ4n) is 2.47. The maximum absolute atomic E-state index is 13.7. The largest absolute Gasteiger partial charge is 0.467 e. The predicted molar refractivity (Wildman–Crippen MR) is 75.6 cm³/mol. The second kappa shape index (κ2) is 6.29. The summed E-state index contributed by atoms with van der Waals surface area (Å²) < 4.78 is 24.6. The quantitative estimate of drug-likeness (QED) is 0.943. The first-order valence-corrected chi connectivity index (χ1v) is 7.02. The Balaban J connectivity index is 1.75. The molecule has 0 aliphatic carbocycles. The van der Waals surface area contributed by atoms with Crippen LogP contribution in [0.25, 0.3) is 0 Å². The monoisotopic (exact) mass is 305 g/mol. The standard InChI is InChI=1S/C16H16FNO4/c17-13-8-11(3-4-12(13)10-19)16(20)18-5-7-22-15(9-18)14-2-1-6-21-14/h1-4,6,8,15,19H,5,7,9-10H2/t15-/m0/s1. The Morgan fingerprint density at radius 3 is 2.95 bits per heavy atom. The minimum Gasteiger partial charge on any atom is -0.467 e. The zero-order chi connectivity index (χ0) is 15.5. The maximum Gasteiger partial charge on any atom is 0.254 e. The van der Waals surface area contributed by atoms with Crippen molar-refractivity contribution in [3.63, 3.8) is 0 Å². The van der Waals surface area contributed by atoms with Crippen LogP contribution in [0.1, 0.15) is 27.8 Å². The van der Waals surface area contributed by atoms with E-state index in [2.05, 4.69) is 0 Å². The summed E-state index contributed by atoms with van der Waals surface area (Å²) in [6.07, 6.45) is 1.25. The highest BCUT2D eigenvalue weighted by Crippen LogP contribution is 2.24.